The van der Waals surface area contributed by atoms with E-state index in [-0.39, 0.29) is 10.7 Å². The SMILES string of the molecule is Cc1ccc2nc(Cl)c(C=O)c(=O)n2c1. The van der Waals surface area contributed by atoms with E-state index in [1.54, 1.807) is 12.3 Å². The molecular formula is C10H7ClN2O2. The Bertz CT molecular complexity index is 604. The zero-order valence-corrected chi connectivity index (χ0v) is 8.65. The molecule has 0 amide bonds. The van der Waals surface area contributed by atoms with Crippen molar-refractivity contribution in [1.29, 1.82) is 0 Å². The van der Waals surface area contributed by atoms with Gasteiger partial charge >= 0.3 is 0 Å². The minimum Gasteiger partial charge on any atom is -0.298 e. The van der Waals surface area contributed by atoms with Gasteiger partial charge in [0.15, 0.2) is 6.29 Å². The summed E-state index contributed by atoms with van der Waals surface area (Å²) in [6.07, 6.45) is 2.04. The van der Waals surface area contributed by atoms with E-state index in [0.717, 1.165) is 5.56 Å². The molecule has 76 valence electrons. The van der Waals surface area contributed by atoms with E-state index in [2.05, 4.69) is 4.98 Å². The molecule has 0 saturated heterocycles. The van der Waals surface area contributed by atoms with Crippen LogP contribution in [0.4, 0.5) is 0 Å². The highest BCUT2D eigenvalue weighted by Crippen LogP contribution is 2.09. The number of nitrogens with zero attached hydrogens (tertiary/aromatic N) is 2. The van der Waals surface area contributed by atoms with Gasteiger partial charge in [0, 0.05) is 6.20 Å². The number of carbonyl (C=O) groups excluding carboxylic acids is 1. The van der Waals surface area contributed by atoms with Crippen molar-refractivity contribution < 1.29 is 4.79 Å². The van der Waals surface area contributed by atoms with E-state index in [1.165, 1.54) is 4.40 Å². The highest BCUT2D eigenvalue weighted by atomic mass is 35.5. The monoisotopic (exact) mass is 222 g/mol. The normalized spacial score (nSPS) is 10.5. The van der Waals surface area contributed by atoms with Crippen LogP contribution in [0.15, 0.2) is 23.1 Å². The van der Waals surface area contributed by atoms with Crippen LogP contribution in [0.3, 0.4) is 0 Å². The molecule has 5 heteroatoms. The molecule has 0 bridgehead atoms. The summed E-state index contributed by atoms with van der Waals surface area (Å²) < 4.78 is 1.31. The zero-order chi connectivity index (χ0) is 11.0. The van der Waals surface area contributed by atoms with Crippen LogP contribution < -0.4 is 5.56 Å². The van der Waals surface area contributed by atoms with Gasteiger partial charge in [-0.3, -0.25) is 14.0 Å². The van der Waals surface area contributed by atoms with Crippen molar-refractivity contribution in [3.8, 4) is 0 Å². The van der Waals surface area contributed by atoms with E-state index in [1.807, 2.05) is 13.0 Å². The summed E-state index contributed by atoms with van der Waals surface area (Å²) in [6, 6.07) is 3.50. The van der Waals surface area contributed by atoms with Crippen molar-refractivity contribution in [2.45, 2.75) is 6.92 Å². The van der Waals surface area contributed by atoms with Crippen LogP contribution >= 0.6 is 11.6 Å². The Hall–Kier alpha value is -1.68. The molecule has 2 aromatic rings. The van der Waals surface area contributed by atoms with Crippen molar-refractivity contribution in [1.82, 2.24) is 9.38 Å². The van der Waals surface area contributed by atoms with Gasteiger partial charge < -0.3 is 0 Å². The van der Waals surface area contributed by atoms with Gasteiger partial charge in [0.05, 0.1) is 0 Å². The number of aromatic nitrogens is 2. The molecule has 0 fully saturated rings. The fraction of sp³-hybridized carbons (Fsp3) is 0.100. The van der Waals surface area contributed by atoms with E-state index in [9.17, 15) is 9.59 Å². The Kier molecular flexibility index (Phi) is 2.28. The minimum atomic E-state index is -0.441. The second kappa shape index (κ2) is 3.47. The zero-order valence-electron chi connectivity index (χ0n) is 7.90. The summed E-state index contributed by atoms with van der Waals surface area (Å²) in [6.45, 7) is 1.85. The lowest BCUT2D eigenvalue weighted by molar-refractivity contribution is 0.112. The Morgan fingerprint density at radius 2 is 2.20 bits per heavy atom. The number of fused-ring (bicyclic) bond motifs is 1. The maximum absolute atomic E-state index is 11.7. The number of hydrogen-bond donors (Lipinski definition) is 0. The molecule has 0 unspecified atom stereocenters. The molecule has 2 aromatic heterocycles. The smallest absolute Gasteiger partial charge is 0.270 e. The second-order valence-corrected chi connectivity index (χ2v) is 3.53. The maximum atomic E-state index is 11.7. The average Bonchev–Trinajstić information content (AvgIpc) is 2.20. The maximum Gasteiger partial charge on any atom is 0.270 e. The number of aldehydes is 1. The van der Waals surface area contributed by atoms with Gasteiger partial charge in [-0.2, -0.15) is 0 Å². The molecule has 15 heavy (non-hydrogen) atoms. The van der Waals surface area contributed by atoms with Crippen molar-refractivity contribution in [3.05, 3.63) is 45.0 Å². The van der Waals surface area contributed by atoms with Gasteiger partial charge in [-0.25, -0.2) is 4.98 Å². The first-order valence-electron chi connectivity index (χ1n) is 4.27. The highest BCUT2D eigenvalue weighted by molar-refractivity contribution is 6.31. The van der Waals surface area contributed by atoms with E-state index >= 15 is 0 Å². The minimum absolute atomic E-state index is 0.0566. The molecule has 0 atom stereocenters. The molecule has 0 spiro atoms. The first kappa shape index (κ1) is 9.86. The topological polar surface area (TPSA) is 51.4 Å². The fourth-order valence-corrected chi connectivity index (χ4v) is 1.54. The number of pyridine rings is 1. The molecule has 4 nitrogen and oxygen atoms in total. The third kappa shape index (κ3) is 1.53. The third-order valence-electron chi connectivity index (χ3n) is 2.08. The number of hydrogen-bond acceptors (Lipinski definition) is 3. The molecule has 0 aliphatic rings. The van der Waals surface area contributed by atoms with Crippen LogP contribution in [0.1, 0.15) is 15.9 Å². The largest absolute Gasteiger partial charge is 0.298 e. The Labute approximate surface area is 90.1 Å². The van der Waals surface area contributed by atoms with Gasteiger partial charge in [-0.05, 0) is 18.6 Å². The van der Waals surface area contributed by atoms with E-state index < -0.39 is 5.56 Å². The molecule has 2 heterocycles. The van der Waals surface area contributed by atoms with E-state index in [4.69, 9.17) is 11.6 Å². The molecule has 0 aliphatic carbocycles. The predicted molar refractivity (Wildman–Crippen MR) is 56.6 cm³/mol. The summed E-state index contributed by atoms with van der Waals surface area (Å²) in [7, 11) is 0. The number of halogens is 1. The molecule has 2 rings (SSSR count). The summed E-state index contributed by atoms with van der Waals surface area (Å²) >= 11 is 5.69. The van der Waals surface area contributed by atoms with Gasteiger partial charge in [-0.1, -0.05) is 17.7 Å². The predicted octanol–water partition coefficient (Wildman–Crippen LogP) is 1.47. The van der Waals surface area contributed by atoms with Gasteiger partial charge in [0.1, 0.15) is 16.4 Å². The summed E-state index contributed by atoms with van der Waals surface area (Å²) in [5.74, 6) is 0. The van der Waals surface area contributed by atoms with Gasteiger partial charge in [0.2, 0.25) is 0 Å². The fourth-order valence-electron chi connectivity index (χ4n) is 1.33. The first-order valence-corrected chi connectivity index (χ1v) is 4.65. The second-order valence-electron chi connectivity index (χ2n) is 3.17. The summed E-state index contributed by atoms with van der Waals surface area (Å²) in [4.78, 5) is 26.3. The lowest BCUT2D eigenvalue weighted by atomic mass is 10.3. The highest BCUT2D eigenvalue weighted by Gasteiger charge is 2.09. The lowest BCUT2D eigenvalue weighted by Gasteiger charge is -2.03. The third-order valence-corrected chi connectivity index (χ3v) is 2.36. The Morgan fingerprint density at radius 3 is 2.87 bits per heavy atom. The summed E-state index contributed by atoms with van der Waals surface area (Å²) in [5.41, 5.74) is 0.787. The molecule has 0 aliphatic heterocycles. The Balaban J connectivity index is 2.99. The van der Waals surface area contributed by atoms with Crippen LogP contribution in [0.2, 0.25) is 5.15 Å². The average molecular weight is 223 g/mol. The van der Waals surface area contributed by atoms with Gasteiger partial charge in [0.25, 0.3) is 5.56 Å². The van der Waals surface area contributed by atoms with Crippen molar-refractivity contribution in [2.24, 2.45) is 0 Å². The van der Waals surface area contributed by atoms with E-state index in [0.29, 0.717) is 11.9 Å². The van der Waals surface area contributed by atoms with Crippen molar-refractivity contribution in [3.63, 3.8) is 0 Å². The van der Waals surface area contributed by atoms with Gasteiger partial charge in [-0.15, -0.1) is 0 Å². The number of rotatable bonds is 1. The summed E-state index contributed by atoms with van der Waals surface area (Å²) in [5, 5.41) is -0.0566. The lowest BCUT2D eigenvalue weighted by Crippen LogP contribution is -2.20. The van der Waals surface area contributed by atoms with Crippen LogP contribution in [0.5, 0.6) is 0 Å². The molecule has 0 radical (unpaired) electrons. The standard InChI is InChI=1S/C10H7ClN2O2/c1-6-2-3-8-12-9(11)7(5-14)10(15)13(8)4-6/h2-5H,1H3. The molecule has 0 N–H and O–H groups in total. The molecule has 0 saturated carbocycles. The Morgan fingerprint density at radius 1 is 1.47 bits per heavy atom. The number of aryl methyl sites for hydroxylation is 1. The number of carbonyl (C=O) groups is 1. The van der Waals surface area contributed by atoms with Crippen LogP contribution in [0, 0.1) is 6.92 Å². The van der Waals surface area contributed by atoms with Crippen molar-refractivity contribution in [2.75, 3.05) is 0 Å². The molecule has 0 aromatic carbocycles. The van der Waals surface area contributed by atoms with Crippen molar-refractivity contribution >= 4 is 23.5 Å². The first-order chi connectivity index (χ1) is 7.13. The van der Waals surface area contributed by atoms with Crippen LogP contribution in [0.25, 0.3) is 5.65 Å². The van der Waals surface area contributed by atoms with Crippen LogP contribution in [-0.2, 0) is 0 Å². The van der Waals surface area contributed by atoms with Crippen LogP contribution in [-0.4, -0.2) is 15.7 Å². The molecular weight excluding hydrogens is 216 g/mol. The quantitative estimate of drug-likeness (QED) is 0.542.